The lowest BCUT2D eigenvalue weighted by molar-refractivity contribution is -0.143. The van der Waals surface area contributed by atoms with Gasteiger partial charge in [0, 0.05) is 23.5 Å². The quantitative estimate of drug-likeness (QED) is 0.133. The molecule has 36 heavy (non-hydrogen) atoms. The molecule has 0 fully saturated rings. The molecule has 2 aromatic rings. The monoisotopic (exact) mass is 506 g/mol. The largest absolute Gasteiger partial charge is 0.480 e. The molecule has 11 N–H and O–H groups in total. The van der Waals surface area contributed by atoms with Crippen LogP contribution in [0.5, 0.6) is 0 Å². The number of aromatic nitrogens is 1. The molecule has 1 aromatic carbocycles. The van der Waals surface area contributed by atoms with Crippen molar-refractivity contribution in [2.45, 2.75) is 50.0 Å². The Balaban J connectivity index is 2.28. The Kier molecular flexibility index (Phi) is 9.90. The maximum Gasteiger partial charge on any atom is 0.328 e. The van der Waals surface area contributed by atoms with Gasteiger partial charge >= 0.3 is 5.97 Å². The number of H-pyrrole nitrogens is 1. The molecule has 0 aliphatic rings. The van der Waals surface area contributed by atoms with Gasteiger partial charge < -0.3 is 47.7 Å². The molecule has 0 aliphatic carbocycles. The van der Waals surface area contributed by atoms with Crippen molar-refractivity contribution in [2.24, 2.45) is 11.5 Å². The zero-order chi connectivity index (χ0) is 27.0. The van der Waals surface area contributed by atoms with Gasteiger partial charge in [0.05, 0.1) is 25.2 Å². The molecular formula is C22H30N6O8. The van der Waals surface area contributed by atoms with Gasteiger partial charge in [-0.3, -0.25) is 19.2 Å². The van der Waals surface area contributed by atoms with Crippen molar-refractivity contribution < 1.29 is 39.3 Å². The summed E-state index contributed by atoms with van der Waals surface area (Å²) in [4.78, 5) is 63.5. The highest BCUT2D eigenvalue weighted by Crippen LogP contribution is 2.19. The van der Waals surface area contributed by atoms with Crippen LogP contribution in [0.1, 0.15) is 18.9 Å². The van der Waals surface area contributed by atoms with E-state index in [9.17, 15) is 34.2 Å². The van der Waals surface area contributed by atoms with Crippen LogP contribution in [0.25, 0.3) is 10.9 Å². The number of carbonyl (C=O) groups is 5. The number of carboxylic acid groups (broad SMARTS) is 1. The van der Waals surface area contributed by atoms with E-state index in [1.54, 1.807) is 30.5 Å². The molecule has 4 amide bonds. The van der Waals surface area contributed by atoms with Crippen LogP contribution in [0, 0.1) is 0 Å². The van der Waals surface area contributed by atoms with Crippen molar-refractivity contribution in [3.63, 3.8) is 0 Å². The number of fused-ring (bicyclic) bond motifs is 1. The third-order valence-electron chi connectivity index (χ3n) is 5.35. The molecule has 2 rings (SSSR count). The normalized spacial score (nSPS) is 15.2. The van der Waals surface area contributed by atoms with Crippen LogP contribution in [0.3, 0.4) is 0 Å². The number of amides is 4. The molecule has 0 radical (unpaired) electrons. The van der Waals surface area contributed by atoms with Gasteiger partial charge in [0.1, 0.15) is 18.1 Å². The second-order valence-corrected chi connectivity index (χ2v) is 8.21. The number of aromatic amines is 1. The number of carbonyl (C=O) groups excluding carboxylic acids is 4. The fraction of sp³-hybridized carbons (Fsp3) is 0.409. The first kappa shape index (κ1) is 28.2. The third-order valence-corrected chi connectivity index (χ3v) is 5.35. The van der Waals surface area contributed by atoms with Crippen molar-refractivity contribution in [2.75, 3.05) is 6.61 Å². The summed E-state index contributed by atoms with van der Waals surface area (Å²) in [6.45, 7) is 0.323. The predicted octanol–water partition coefficient (Wildman–Crippen LogP) is -3.17. The van der Waals surface area contributed by atoms with E-state index in [0.717, 1.165) is 10.9 Å². The highest BCUT2D eigenvalue weighted by Gasteiger charge is 2.33. The number of para-hydroxylation sites is 1. The van der Waals surface area contributed by atoms with E-state index in [1.807, 2.05) is 0 Å². The number of rotatable bonds is 13. The first-order valence-corrected chi connectivity index (χ1v) is 11.0. The molecule has 0 saturated heterocycles. The topological polar surface area (TPSA) is 250 Å². The lowest BCUT2D eigenvalue weighted by atomic mass is 10.0. The van der Waals surface area contributed by atoms with E-state index in [2.05, 4.69) is 20.9 Å². The molecule has 0 bridgehead atoms. The maximum absolute atomic E-state index is 13.0. The molecule has 14 nitrogen and oxygen atoms in total. The van der Waals surface area contributed by atoms with Crippen LogP contribution < -0.4 is 27.4 Å². The van der Waals surface area contributed by atoms with Gasteiger partial charge in [-0.25, -0.2) is 4.79 Å². The lowest BCUT2D eigenvalue weighted by Crippen LogP contribution is -2.60. The van der Waals surface area contributed by atoms with E-state index in [-0.39, 0.29) is 6.42 Å². The van der Waals surface area contributed by atoms with Crippen molar-refractivity contribution in [3.8, 4) is 0 Å². The number of benzene rings is 1. The van der Waals surface area contributed by atoms with Crippen molar-refractivity contribution in [1.82, 2.24) is 20.9 Å². The van der Waals surface area contributed by atoms with Crippen LogP contribution >= 0.6 is 0 Å². The molecule has 5 atom stereocenters. The standard InChI is InChI=1S/C22H30N6O8/c1-10(30)18(28-19(32)13(23)7-17(24)31)21(34)26-15(20(33)27-16(9-29)22(35)36)6-11-8-25-14-5-3-2-4-12(11)14/h2-5,8,10,13,15-16,18,25,29-30H,6-7,9,23H2,1H3,(H2,24,31)(H,26,34)(H,27,33)(H,28,32)(H,35,36). The van der Waals surface area contributed by atoms with Crippen molar-refractivity contribution >= 4 is 40.5 Å². The van der Waals surface area contributed by atoms with Gasteiger partial charge in [-0.15, -0.1) is 0 Å². The summed E-state index contributed by atoms with van der Waals surface area (Å²) in [5, 5.41) is 36.0. The van der Waals surface area contributed by atoms with Gasteiger partial charge in [-0.05, 0) is 18.6 Å². The fourth-order valence-corrected chi connectivity index (χ4v) is 3.42. The summed E-state index contributed by atoms with van der Waals surface area (Å²) in [6.07, 6.45) is -0.408. The average Bonchev–Trinajstić information content (AvgIpc) is 3.22. The number of aliphatic hydroxyl groups is 2. The van der Waals surface area contributed by atoms with E-state index < -0.39 is 72.9 Å². The molecule has 196 valence electrons. The number of nitrogens with two attached hydrogens (primary N) is 2. The number of primary amides is 1. The lowest BCUT2D eigenvalue weighted by Gasteiger charge is -2.26. The smallest absolute Gasteiger partial charge is 0.328 e. The minimum Gasteiger partial charge on any atom is -0.480 e. The Bertz CT molecular complexity index is 1120. The highest BCUT2D eigenvalue weighted by molar-refractivity contribution is 5.95. The summed E-state index contributed by atoms with van der Waals surface area (Å²) < 4.78 is 0. The highest BCUT2D eigenvalue weighted by atomic mass is 16.4. The van der Waals surface area contributed by atoms with Crippen LogP contribution in [-0.2, 0) is 30.4 Å². The Hall–Kier alpha value is -4.01. The molecule has 1 aromatic heterocycles. The van der Waals surface area contributed by atoms with Gasteiger partial charge in [-0.2, -0.15) is 0 Å². The zero-order valence-electron chi connectivity index (χ0n) is 19.4. The molecule has 0 spiro atoms. The van der Waals surface area contributed by atoms with Crippen LogP contribution in [0.4, 0.5) is 0 Å². The third kappa shape index (κ3) is 7.49. The molecular weight excluding hydrogens is 476 g/mol. The summed E-state index contributed by atoms with van der Waals surface area (Å²) in [5.41, 5.74) is 12.0. The number of hydrogen-bond donors (Lipinski definition) is 9. The first-order chi connectivity index (χ1) is 16.9. The van der Waals surface area contributed by atoms with E-state index >= 15 is 0 Å². The van der Waals surface area contributed by atoms with Crippen LogP contribution in [-0.4, -0.2) is 86.8 Å². The van der Waals surface area contributed by atoms with E-state index in [4.69, 9.17) is 16.6 Å². The van der Waals surface area contributed by atoms with Gasteiger partial charge in [-0.1, -0.05) is 18.2 Å². The maximum atomic E-state index is 13.0. The molecule has 14 heteroatoms. The second kappa shape index (κ2) is 12.6. The SMILES string of the molecule is CC(O)C(NC(=O)C(N)CC(N)=O)C(=O)NC(Cc1c[nH]c2ccccc12)C(=O)NC(CO)C(=O)O. The number of hydrogen-bond acceptors (Lipinski definition) is 8. The van der Waals surface area contributed by atoms with Crippen LogP contribution in [0.15, 0.2) is 30.5 Å². The van der Waals surface area contributed by atoms with Gasteiger partial charge in [0.25, 0.3) is 0 Å². The number of aliphatic carboxylic acids is 1. The number of carboxylic acids is 1. The van der Waals surface area contributed by atoms with E-state index in [0.29, 0.717) is 5.56 Å². The van der Waals surface area contributed by atoms with Crippen LogP contribution in [0.2, 0.25) is 0 Å². The Labute approximate surface area is 205 Å². The molecule has 0 saturated carbocycles. The summed E-state index contributed by atoms with van der Waals surface area (Å²) in [5.74, 6) is -5.15. The predicted molar refractivity (Wildman–Crippen MR) is 126 cm³/mol. The average molecular weight is 507 g/mol. The Morgan fingerprint density at radius 3 is 2.22 bits per heavy atom. The summed E-state index contributed by atoms with van der Waals surface area (Å²) in [6, 6.07) is 1.23. The minimum atomic E-state index is -1.63. The zero-order valence-corrected chi connectivity index (χ0v) is 19.4. The fourth-order valence-electron chi connectivity index (χ4n) is 3.42. The summed E-state index contributed by atoms with van der Waals surface area (Å²) in [7, 11) is 0. The Morgan fingerprint density at radius 2 is 1.64 bits per heavy atom. The van der Waals surface area contributed by atoms with Gasteiger partial charge in [0.2, 0.25) is 23.6 Å². The Morgan fingerprint density at radius 1 is 1.00 bits per heavy atom. The number of aliphatic hydroxyl groups excluding tert-OH is 2. The second-order valence-electron chi connectivity index (χ2n) is 8.21. The molecule has 1 heterocycles. The van der Waals surface area contributed by atoms with E-state index in [1.165, 1.54) is 6.92 Å². The molecule has 5 unspecified atom stereocenters. The first-order valence-electron chi connectivity index (χ1n) is 11.0. The number of nitrogens with one attached hydrogen (secondary N) is 4. The van der Waals surface area contributed by atoms with Crippen molar-refractivity contribution in [3.05, 3.63) is 36.0 Å². The minimum absolute atomic E-state index is 0.0962. The summed E-state index contributed by atoms with van der Waals surface area (Å²) >= 11 is 0. The molecule has 0 aliphatic heterocycles. The van der Waals surface area contributed by atoms with Gasteiger partial charge in [0.15, 0.2) is 0 Å². The van der Waals surface area contributed by atoms with Crippen molar-refractivity contribution in [1.29, 1.82) is 0 Å².